The van der Waals surface area contributed by atoms with Crippen molar-refractivity contribution in [3.8, 4) is 0 Å². The third kappa shape index (κ3) is 3.82. The molecule has 2 N–H and O–H groups in total. The predicted octanol–water partition coefficient (Wildman–Crippen LogP) is 3.03. The molecule has 0 saturated carbocycles. The van der Waals surface area contributed by atoms with Gasteiger partial charge in [0.2, 0.25) is 5.91 Å². The van der Waals surface area contributed by atoms with Gasteiger partial charge in [-0.3, -0.25) is 4.79 Å². The molecule has 1 heterocycles. The Morgan fingerprint density at radius 1 is 1.36 bits per heavy atom. The molecule has 1 aromatic rings. The lowest BCUT2D eigenvalue weighted by atomic mass is 9.81. The third-order valence-electron chi connectivity index (χ3n) is 5.06. The molecule has 2 aliphatic rings. The van der Waals surface area contributed by atoms with E-state index in [1.54, 1.807) is 0 Å². The highest BCUT2D eigenvalue weighted by molar-refractivity contribution is 5.85. The molecule has 122 valence electrons. The summed E-state index contributed by atoms with van der Waals surface area (Å²) >= 11 is 0. The van der Waals surface area contributed by atoms with Crippen molar-refractivity contribution in [1.82, 2.24) is 10.6 Å². The molecule has 4 heteroatoms. The highest BCUT2D eigenvalue weighted by atomic mass is 35.5. The van der Waals surface area contributed by atoms with Gasteiger partial charge in [0, 0.05) is 13.1 Å². The Hall–Kier alpha value is -1.06. The van der Waals surface area contributed by atoms with E-state index in [-0.39, 0.29) is 29.6 Å². The van der Waals surface area contributed by atoms with Crippen LogP contribution in [0.1, 0.15) is 49.7 Å². The lowest BCUT2D eigenvalue weighted by molar-refractivity contribution is -0.123. The van der Waals surface area contributed by atoms with E-state index >= 15 is 0 Å². The Labute approximate surface area is 139 Å². The summed E-state index contributed by atoms with van der Waals surface area (Å²) in [5.74, 6) is 0.268. The summed E-state index contributed by atoms with van der Waals surface area (Å²) in [4.78, 5) is 12.6. The molecule has 3 nitrogen and oxygen atoms in total. The van der Waals surface area contributed by atoms with Gasteiger partial charge in [-0.1, -0.05) is 31.2 Å². The number of piperidine rings is 1. The van der Waals surface area contributed by atoms with Crippen molar-refractivity contribution in [1.29, 1.82) is 0 Å². The molecule has 1 aliphatic carbocycles. The topological polar surface area (TPSA) is 41.1 Å². The summed E-state index contributed by atoms with van der Waals surface area (Å²) in [7, 11) is 0. The summed E-state index contributed by atoms with van der Waals surface area (Å²) in [6.07, 6.45) is 5.62. The van der Waals surface area contributed by atoms with E-state index in [4.69, 9.17) is 0 Å². The van der Waals surface area contributed by atoms with E-state index in [9.17, 15) is 4.79 Å². The van der Waals surface area contributed by atoms with Crippen LogP contribution in [0, 0.1) is 5.41 Å². The largest absolute Gasteiger partial charge is 0.355 e. The number of amides is 1. The summed E-state index contributed by atoms with van der Waals surface area (Å²) in [5, 5.41) is 6.67. The Morgan fingerprint density at radius 2 is 2.18 bits per heavy atom. The number of hydrogen-bond donors (Lipinski definition) is 2. The number of rotatable bonds is 3. The predicted molar refractivity (Wildman–Crippen MR) is 92.6 cm³/mol. The van der Waals surface area contributed by atoms with Crippen LogP contribution in [0.4, 0.5) is 0 Å². The maximum absolute atomic E-state index is 12.6. The van der Waals surface area contributed by atoms with Gasteiger partial charge in [-0.05, 0) is 55.2 Å². The number of carbonyl (C=O) groups excluding carboxylic acids is 1. The number of aryl methyl sites for hydroxylation is 1. The molecule has 0 radical (unpaired) electrons. The van der Waals surface area contributed by atoms with Crippen LogP contribution in [0.25, 0.3) is 0 Å². The van der Waals surface area contributed by atoms with Gasteiger partial charge < -0.3 is 10.6 Å². The average Bonchev–Trinajstić information content (AvgIpc) is 2.53. The fraction of sp³-hybridized carbons (Fsp3) is 0.611. The molecule has 2 unspecified atom stereocenters. The molecule has 1 aliphatic heterocycles. The number of carbonyl (C=O) groups is 1. The van der Waals surface area contributed by atoms with Crippen molar-refractivity contribution in [3.63, 3.8) is 0 Å². The minimum absolute atomic E-state index is 0. The van der Waals surface area contributed by atoms with Crippen LogP contribution in [0.5, 0.6) is 0 Å². The van der Waals surface area contributed by atoms with Gasteiger partial charge >= 0.3 is 0 Å². The normalized spacial score (nSPS) is 27.4. The summed E-state index contributed by atoms with van der Waals surface area (Å²) in [6.45, 7) is 5.18. The zero-order chi connectivity index (χ0) is 14.7. The van der Waals surface area contributed by atoms with Crippen molar-refractivity contribution in [2.45, 2.75) is 44.9 Å². The maximum atomic E-state index is 12.6. The Kier molecular flexibility index (Phi) is 5.87. The first-order valence-electron chi connectivity index (χ1n) is 8.24. The maximum Gasteiger partial charge on any atom is 0.227 e. The van der Waals surface area contributed by atoms with Crippen molar-refractivity contribution < 1.29 is 4.79 Å². The van der Waals surface area contributed by atoms with Gasteiger partial charge in [0.15, 0.2) is 0 Å². The first-order chi connectivity index (χ1) is 10.2. The van der Waals surface area contributed by atoms with Gasteiger partial charge in [0.25, 0.3) is 0 Å². The molecule has 0 spiro atoms. The minimum Gasteiger partial charge on any atom is -0.355 e. The van der Waals surface area contributed by atoms with Crippen LogP contribution in [-0.2, 0) is 11.2 Å². The molecular weight excluding hydrogens is 296 g/mol. The molecule has 3 rings (SSSR count). The Bertz CT molecular complexity index is 512. The fourth-order valence-corrected chi connectivity index (χ4v) is 3.72. The van der Waals surface area contributed by atoms with Crippen LogP contribution in [0.2, 0.25) is 0 Å². The van der Waals surface area contributed by atoms with Crippen molar-refractivity contribution >= 4 is 18.3 Å². The smallest absolute Gasteiger partial charge is 0.227 e. The molecule has 22 heavy (non-hydrogen) atoms. The Morgan fingerprint density at radius 3 is 2.95 bits per heavy atom. The number of hydrogen-bond acceptors (Lipinski definition) is 2. The monoisotopic (exact) mass is 322 g/mol. The minimum atomic E-state index is 0. The number of halogens is 1. The number of fused-ring (bicyclic) bond motifs is 1. The van der Waals surface area contributed by atoms with Crippen LogP contribution >= 0.6 is 12.4 Å². The van der Waals surface area contributed by atoms with E-state index in [2.05, 4.69) is 41.8 Å². The second kappa shape index (κ2) is 7.47. The van der Waals surface area contributed by atoms with Crippen molar-refractivity contribution in [3.05, 3.63) is 35.4 Å². The second-order valence-electron chi connectivity index (χ2n) is 6.95. The molecule has 2 atom stereocenters. The molecule has 0 bridgehead atoms. The van der Waals surface area contributed by atoms with Crippen LogP contribution in [-0.4, -0.2) is 25.5 Å². The van der Waals surface area contributed by atoms with Gasteiger partial charge in [-0.25, -0.2) is 0 Å². The first-order valence-corrected chi connectivity index (χ1v) is 8.24. The second-order valence-corrected chi connectivity index (χ2v) is 6.95. The lowest BCUT2D eigenvalue weighted by Crippen LogP contribution is -2.46. The number of nitrogens with one attached hydrogen (secondary N) is 2. The lowest BCUT2D eigenvalue weighted by Gasteiger charge is -2.35. The SMILES string of the molecule is CC1(CNC(=O)C2CCCc3ccccc32)CCCNC1.Cl. The van der Waals surface area contributed by atoms with E-state index in [0.29, 0.717) is 0 Å². The molecule has 0 aromatic heterocycles. The summed E-state index contributed by atoms with van der Waals surface area (Å²) in [6, 6.07) is 8.43. The van der Waals surface area contributed by atoms with Gasteiger partial charge in [-0.2, -0.15) is 0 Å². The summed E-state index contributed by atoms with van der Waals surface area (Å²) in [5.41, 5.74) is 2.81. The number of benzene rings is 1. The van der Waals surface area contributed by atoms with Crippen molar-refractivity contribution in [2.24, 2.45) is 5.41 Å². The van der Waals surface area contributed by atoms with Gasteiger partial charge in [0.1, 0.15) is 0 Å². The fourth-order valence-electron chi connectivity index (χ4n) is 3.72. The van der Waals surface area contributed by atoms with E-state index in [1.165, 1.54) is 24.0 Å². The first kappa shape index (κ1) is 17.3. The van der Waals surface area contributed by atoms with Gasteiger partial charge in [-0.15, -0.1) is 12.4 Å². The van der Waals surface area contributed by atoms with E-state index in [0.717, 1.165) is 38.9 Å². The Balaban J connectivity index is 0.00000176. The van der Waals surface area contributed by atoms with Crippen LogP contribution in [0.15, 0.2) is 24.3 Å². The molecule has 1 fully saturated rings. The molecule has 1 saturated heterocycles. The van der Waals surface area contributed by atoms with E-state index < -0.39 is 0 Å². The highest BCUT2D eigenvalue weighted by Crippen LogP contribution is 2.32. The third-order valence-corrected chi connectivity index (χ3v) is 5.06. The highest BCUT2D eigenvalue weighted by Gasteiger charge is 2.30. The molecular formula is C18H27ClN2O. The zero-order valence-corrected chi connectivity index (χ0v) is 14.2. The molecule has 1 amide bonds. The summed E-state index contributed by atoms with van der Waals surface area (Å²) < 4.78 is 0. The quantitative estimate of drug-likeness (QED) is 0.898. The molecule has 1 aromatic carbocycles. The average molecular weight is 323 g/mol. The van der Waals surface area contributed by atoms with Crippen molar-refractivity contribution in [2.75, 3.05) is 19.6 Å². The zero-order valence-electron chi connectivity index (χ0n) is 13.4. The van der Waals surface area contributed by atoms with Crippen LogP contribution < -0.4 is 10.6 Å². The standard InChI is InChI=1S/C18H26N2O.ClH/c1-18(10-5-11-19-12-18)13-20-17(21)16-9-4-7-14-6-2-3-8-15(14)16;/h2-3,6,8,16,19H,4-5,7,9-13H2,1H3,(H,20,21);1H. The van der Waals surface area contributed by atoms with Crippen LogP contribution in [0.3, 0.4) is 0 Å². The van der Waals surface area contributed by atoms with E-state index in [1.807, 2.05) is 0 Å². The van der Waals surface area contributed by atoms with Gasteiger partial charge in [0.05, 0.1) is 5.92 Å².